The van der Waals surface area contributed by atoms with Gasteiger partial charge in [0.2, 0.25) is 0 Å². The number of likely N-dealkylation sites (N-methyl/N-ethyl adjacent to an activating group) is 1. The van der Waals surface area contributed by atoms with Crippen molar-refractivity contribution in [3.05, 3.63) is 11.9 Å². The first-order chi connectivity index (χ1) is 9.99. The molecule has 0 spiro atoms. The van der Waals surface area contributed by atoms with Gasteiger partial charge in [0.1, 0.15) is 5.60 Å². The van der Waals surface area contributed by atoms with E-state index in [2.05, 4.69) is 36.4 Å². The van der Waals surface area contributed by atoms with Gasteiger partial charge in [-0.25, -0.2) is 9.48 Å². The number of hydrogen-bond donors (Lipinski definition) is 1. The van der Waals surface area contributed by atoms with E-state index in [0.717, 1.165) is 5.69 Å². The molecular weight excluding hydrogens is 282 g/mol. The SMILES string of the molecule is CN(CCNCc1cn(C(C)(C)C)nn1)C(=O)OC(C)(C)C. The third-order valence-corrected chi connectivity index (χ3v) is 2.86. The Kier molecular flexibility index (Phi) is 5.93. The van der Waals surface area contributed by atoms with Crippen LogP contribution in [0.15, 0.2) is 6.20 Å². The number of aromatic nitrogens is 3. The molecule has 0 aliphatic heterocycles. The lowest BCUT2D eigenvalue weighted by molar-refractivity contribution is 0.0300. The summed E-state index contributed by atoms with van der Waals surface area (Å²) < 4.78 is 7.13. The molecule has 1 N–H and O–H groups in total. The summed E-state index contributed by atoms with van der Waals surface area (Å²) in [4.78, 5) is 13.3. The Hall–Kier alpha value is -1.63. The van der Waals surface area contributed by atoms with Gasteiger partial charge in [0.05, 0.1) is 17.4 Å². The Labute approximate surface area is 133 Å². The minimum atomic E-state index is -0.468. The maximum atomic E-state index is 11.8. The normalized spacial score (nSPS) is 12.3. The zero-order valence-corrected chi connectivity index (χ0v) is 14.8. The summed E-state index contributed by atoms with van der Waals surface area (Å²) in [5.41, 5.74) is 0.349. The molecule has 0 aliphatic rings. The third-order valence-electron chi connectivity index (χ3n) is 2.86. The fourth-order valence-corrected chi connectivity index (χ4v) is 1.60. The van der Waals surface area contributed by atoms with Crippen molar-refractivity contribution in [2.75, 3.05) is 20.1 Å². The maximum Gasteiger partial charge on any atom is 0.410 e. The summed E-state index contributed by atoms with van der Waals surface area (Å²) >= 11 is 0. The lowest BCUT2D eigenvalue weighted by Gasteiger charge is -2.24. The molecule has 0 atom stereocenters. The highest BCUT2D eigenvalue weighted by Crippen LogP contribution is 2.11. The maximum absolute atomic E-state index is 11.8. The monoisotopic (exact) mass is 311 g/mol. The zero-order valence-electron chi connectivity index (χ0n) is 14.8. The van der Waals surface area contributed by atoms with Gasteiger partial charge in [-0.15, -0.1) is 5.10 Å². The molecule has 1 amide bonds. The van der Waals surface area contributed by atoms with Crippen LogP contribution in [0.1, 0.15) is 47.2 Å². The third kappa shape index (κ3) is 6.43. The Bertz CT molecular complexity index is 485. The Morgan fingerprint density at radius 2 is 1.95 bits per heavy atom. The molecule has 0 radical (unpaired) electrons. The van der Waals surface area contributed by atoms with E-state index in [-0.39, 0.29) is 11.6 Å². The van der Waals surface area contributed by atoms with Crippen molar-refractivity contribution in [2.24, 2.45) is 0 Å². The Balaban J connectivity index is 2.30. The van der Waals surface area contributed by atoms with Crippen molar-refractivity contribution >= 4 is 6.09 Å². The van der Waals surface area contributed by atoms with Crippen LogP contribution in [0.4, 0.5) is 4.79 Å². The van der Waals surface area contributed by atoms with E-state index in [1.807, 2.05) is 31.6 Å². The van der Waals surface area contributed by atoms with Gasteiger partial charge in [-0.1, -0.05) is 5.21 Å². The molecule has 1 rings (SSSR count). The molecule has 0 aromatic carbocycles. The summed E-state index contributed by atoms with van der Waals surface area (Å²) in [5.74, 6) is 0. The standard InChI is InChI=1S/C15H29N5O2/c1-14(2,3)20-11-12(17-18-20)10-16-8-9-19(7)13(21)22-15(4,5)6/h11,16H,8-10H2,1-7H3. The minimum absolute atomic E-state index is 0.0673. The number of hydrogen-bond acceptors (Lipinski definition) is 5. The molecule has 22 heavy (non-hydrogen) atoms. The van der Waals surface area contributed by atoms with Crippen molar-refractivity contribution in [3.63, 3.8) is 0 Å². The number of ether oxygens (including phenoxy) is 1. The van der Waals surface area contributed by atoms with E-state index in [4.69, 9.17) is 4.74 Å². The predicted molar refractivity (Wildman–Crippen MR) is 85.6 cm³/mol. The molecule has 1 heterocycles. The lowest BCUT2D eigenvalue weighted by Crippen LogP contribution is -2.37. The van der Waals surface area contributed by atoms with E-state index in [0.29, 0.717) is 19.6 Å². The van der Waals surface area contributed by atoms with Gasteiger partial charge in [-0.2, -0.15) is 0 Å². The molecule has 126 valence electrons. The van der Waals surface area contributed by atoms with Crippen molar-refractivity contribution in [1.29, 1.82) is 0 Å². The van der Waals surface area contributed by atoms with Crippen LogP contribution >= 0.6 is 0 Å². The lowest BCUT2D eigenvalue weighted by atomic mass is 10.1. The van der Waals surface area contributed by atoms with Gasteiger partial charge in [0, 0.05) is 26.7 Å². The van der Waals surface area contributed by atoms with Gasteiger partial charge in [-0.05, 0) is 41.5 Å². The fourth-order valence-electron chi connectivity index (χ4n) is 1.60. The van der Waals surface area contributed by atoms with Crippen LogP contribution in [0.3, 0.4) is 0 Å². The second-order valence-corrected chi connectivity index (χ2v) is 7.40. The number of nitrogens with one attached hydrogen (secondary N) is 1. The molecule has 0 aliphatic carbocycles. The van der Waals surface area contributed by atoms with Crippen LogP contribution in [-0.4, -0.2) is 51.7 Å². The summed E-state index contributed by atoms with van der Waals surface area (Å²) in [5, 5.41) is 11.5. The van der Waals surface area contributed by atoms with Crippen LogP contribution < -0.4 is 5.32 Å². The van der Waals surface area contributed by atoms with Crippen molar-refractivity contribution < 1.29 is 9.53 Å². The number of nitrogens with zero attached hydrogens (tertiary/aromatic N) is 4. The highest BCUT2D eigenvalue weighted by molar-refractivity contribution is 5.67. The van der Waals surface area contributed by atoms with Crippen LogP contribution in [0.2, 0.25) is 0 Å². The quantitative estimate of drug-likeness (QED) is 0.842. The predicted octanol–water partition coefficient (Wildman–Crippen LogP) is 1.99. The van der Waals surface area contributed by atoms with Gasteiger partial charge in [0.25, 0.3) is 0 Å². The van der Waals surface area contributed by atoms with Crippen LogP contribution in [0, 0.1) is 0 Å². The van der Waals surface area contributed by atoms with E-state index >= 15 is 0 Å². The summed E-state index contributed by atoms with van der Waals surface area (Å²) in [6, 6.07) is 0. The number of carbonyl (C=O) groups is 1. The first-order valence-corrected chi connectivity index (χ1v) is 7.55. The van der Waals surface area contributed by atoms with Gasteiger partial charge >= 0.3 is 6.09 Å². The average molecular weight is 311 g/mol. The molecule has 0 fully saturated rings. The van der Waals surface area contributed by atoms with Gasteiger partial charge in [0.15, 0.2) is 0 Å². The highest BCUT2D eigenvalue weighted by Gasteiger charge is 2.19. The molecule has 0 saturated heterocycles. The van der Waals surface area contributed by atoms with Crippen molar-refractivity contribution in [1.82, 2.24) is 25.2 Å². The van der Waals surface area contributed by atoms with Gasteiger partial charge in [-0.3, -0.25) is 0 Å². The molecule has 7 heteroatoms. The Morgan fingerprint density at radius 3 is 2.45 bits per heavy atom. The van der Waals surface area contributed by atoms with Crippen LogP contribution in [0.25, 0.3) is 0 Å². The van der Waals surface area contributed by atoms with Gasteiger partial charge < -0.3 is 15.0 Å². The first-order valence-electron chi connectivity index (χ1n) is 7.55. The molecule has 0 unspecified atom stereocenters. The summed E-state index contributed by atoms with van der Waals surface area (Å²) in [7, 11) is 1.73. The molecule has 0 saturated carbocycles. The summed E-state index contributed by atoms with van der Waals surface area (Å²) in [6.45, 7) is 13.7. The molecular formula is C15H29N5O2. The minimum Gasteiger partial charge on any atom is -0.444 e. The van der Waals surface area contributed by atoms with Crippen LogP contribution in [-0.2, 0) is 16.8 Å². The average Bonchev–Trinajstić information content (AvgIpc) is 2.80. The van der Waals surface area contributed by atoms with Crippen molar-refractivity contribution in [2.45, 2.75) is 59.2 Å². The Morgan fingerprint density at radius 1 is 1.32 bits per heavy atom. The summed E-state index contributed by atoms with van der Waals surface area (Å²) in [6.07, 6.45) is 1.62. The van der Waals surface area contributed by atoms with E-state index in [1.165, 1.54) is 0 Å². The zero-order chi connectivity index (χ0) is 17.0. The first kappa shape index (κ1) is 18.4. The smallest absolute Gasteiger partial charge is 0.410 e. The molecule has 7 nitrogen and oxygen atoms in total. The van der Waals surface area contributed by atoms with Crippen molar-refractivity contribution in [3.8, 4) is 0 Å². The highest BCUT2D eigenvalue weighted by atomic mass is 16.6. The van der Waals surface area contributed by atoms with E-state index in [1.54, 1.807) is 11.9 Å². The molecule has 1 aromatic heterocycles. The molecule has 0 bridgehead atoms. The second-order valence-electron chi connectivity index (χ2n) is 7.40. The number of carbonyl (C=O) groups excluding carboxylic acids is 1. The van der Waals surface area contributed by atoms with E-state index in [9.17, 15) is 4.79 Å². The number of amides is 1. The fraction of sp³-hybridized carbons (Fsp3) is 0.800. The van der Waals surface area contributed by atoms with E-state index < -0.39 is 5.60 Å². The van der Waals surface area contributed by atoms with Crippen LogP contribution in [0.5, 0.6) is 0 Å². The molecule has 1 aromatic rings. The largest absolute Gasteiger partial charge is 0.444 e. The topological polar surface area (TPSA) is 72.3 Å². The second kappa shape index (κ2) is 7.09. The number of rotatable bonds is 5.